The van der Waals surface area contributed by atoms with Crippen LogP contribution in [0.5, 0.6) is 34.5 Å². The molecule has 0 saturated heterocycles. The van der Waals surface area contributed by atoms with E-state index in [-0.39, 0.29) is 0 Å². The Labute approximate surface area is 399 Å². The number of allylic oxidation sites excluding steroid dienone is 7. The molecule has 0 bridgehead atoms. The summed E-state index contributed by atoms with van der Waals surface area (Å²) in [5.74, 6) is 4.57. The van der Waals surface area contributed by atoms with Crippen LogP contribution in [0.2, 0.25) is 0 Å². The highest BCUT2D eigenvalue weighted by Crippen LogP contribution is 2.50. The summed E-state index contributed by atoms with van der Waals surface area (Å²) < 4.78 is 40.5. The van der Waals surface area contributed by atoms with E-state index in [4.69, 9.17) is 28.4 Å². The van der Waals surface area contributed by atoms with Crippen molar-refractivity contribution in [2.45, 2.75) is 141 Å². The van der Waals surface area contributed by atoms with Crippen LogP contribution in [-0.2, 0) is 6.42 Å². The second kappa shape index (κ2) is 32.3. The van der Waals surface area contributed by atoms with Gasteiger partial charge in [-0.2, -0.15) is 0 Å². The zero-order valence-corrected chi connectivity index (χ0v) is 40.6. The second-order valence-corrected chi connectivity index (χ2v) is 17.1. The first-order valence-corrected chi connectivity index (χ1v) is 25.2. The molecule has 0 spiro atoms. The molecule has 0 aliphatic rings. The highest BCUT2D eigenvalue weighted by Gasteiger charge is 2.24. The van der Waals surface area contributed by atoms with Gasteiger partial charge < -0.3 is 28.4 Å². The van der Waals surface area contributed by atoms with Gasteiger partial charge in [-0.25, -0.2) is 0 Å². The van der Waals surface area contributed by atoms with Crippen molar-refractivity contribution < 1.29 is 28.4 Å². The van der Waals surface area contributed by atoms with Gasteiger partial charge in [0.15, 0.2) is 34.5 Å². The van der Waals surface area contributed by atoms with Crippen LogP contribution in [0.25, 0.3) is 32.3 Å². The number of hydrogen-bond acceptors (Lipinski definition) is 6. The predicted molar refractivity (Wildman–Crippen MR) is 284 cm³/mol. The fraction of sp³-hybridized carbons (Fsp3) is 0.467. The number of unbranched alkanes of at least 4 members (excludes halogenated alkanes) is 14. The number of benzene rings is 4. The van der Waals surface area contributed by atoms with Crippen molar-refractivity contribution in [3.8, 4) is 34.5 Å². The molecule has 0 radical (unpaired) electrons. The molecular formula is C60H82O6. The SMILES string of the molecule is C=CCCCCOc1cc2c3cc(OCCCCC=C)c(OCCCCC=C)cc3c3c(CCCCC=C)c(OCCCCC=C)c(OCCCCC=C)cc3c2cc1OCCCCC=C. The number of aryl methyl sites for hydroxylation is 1. The molecule has 0 amide bonds. The van der Waals surface area contributed by atoms with Gasteiger partial charge >= 0.3 is 0 Å². The van der Waals surface area contributed by atoms with Crippen LogP contribution in [0, 0.1) is 0 Å². The number of rotatable bonds is 41. The van der Waals surface area contributed by atoms with Crippen molar-refractivity contribution in [3.63, 3.8) is 0 Å². The minimum Gasteiger partial charge on any atom is -0.490 e. The maximum atomic E-state index is 6.94. The molecule has 6 nitrogen and oxygen atoms in total. The lowest BCUT2D eigenvalue weighted by Gasteiger charge is -2.23. The van der Waals surface area contributed by atoms with Crippen molar-refractivity contribution >= 4 is 32.3 Å². The Morgan fingerprint density at radius 3 is 0.879 bits per heavy atom. The molecule has 358 valence electrons. The number of hydrogen-bond donors (Lipinski definition) is 0. The Bertz CT molecular complexity index is 2060. The maximum Gasteiger partial charge on any atom is 0.165 e. The van der Waals surface area contributed by atoms with E-state index in [0.717, 1.165) is 214 Å². The summed E-state index contributed by atoms with van der Waals surface area (Å²) in [5.41, 5.74) is 1.15. The normalized spacial score (nSPS) is 11.0. The molecule has 4 aromatic carbocycles. The van der Waals surface area contributed by atoms with E-state index in [0.29, 0.717) is 39.6 Å². The van der Waals surface area contributed by atoms with Crippen LogP contribution < -0.4 is 28.4 Å². The van der Waals surface area contributed by atoms with Gasteiger partial charge in [0.25, 0.3) is 0 Å². The molecule has 6 heteroatoms. The lowest BCUT2D eigenvalue weighted by atomic mass is 9.88. The molecule has 0 fully saturated rings. The lowest BCUT2D eigenvalue weighted by molar-refractivity contribution is 0.259. The summed E-state index contributed by atoms with van der Waals surface area (Å²) in [6.45, 7) is 31.1. The molecule has 0 aliphatic carbocycles. The summed E-state index contributed by atoms with van der Waals surface area (Å²) in [7, 11) is 0. The zero-order chi connectivity index (χ0) is 47.0. The highest BCUT2D eigenvalue weighted by atomic mass is 16.5. The molecule has 0 saturated carbocycles. The van der Waals surface area contributed by atoms with Gasteiger partial charge in [0, 0.05) is 5.56 Å². The molecule has 4 rings (SSSR count). The Balaban J connectivity index is 2.12. The van der Waals surface area contributed by atoms with Gasteiger partial charge in [-0.1, -0.05) is 42.5 Å². The van der Waals surface area contributed by atoms with Crippen molar-refractivity contribution in [3.05, 3.63) is 124 Å². The Morgan fingerprint density at radius 2 is 0.545 bits per heavy atom. The molecule has 0 N–H and O–H groups in total. The van der Waals surface area contributed by atoms with Crippen molar-refractivity contribution in [2.24, 2.45) is 0 Å². The van der Waals surface area contributed by atoms with Crippen LogP contribution in [-0.4, -0.2) is 39.6 Å². The van der Waals surface area contributed by atoms with E-state index >= 15 is 0 Å². The second-order valence-electron chi connectivity index (χ2n) is 17.1. The Kier molecular flexibility index (Phi) is 26.1. The van der Waals surface area contributed by atoms with E-state index in [1.165, 1.54) is 0 Å². The highest BCUT2D eigenvalue weighted by molar-refractivity contribution is 6.27. The van der Waals surface area contributed by atoms with Gasteiger partial charge in [0.05, 0.1) is 39.6 Å². The van der Waals surface area contributed by atoms with Gasteiger partial charge in [-0.3, -0.25) is 0 Å². The van der Waals surface area contributed by atoms with E-state index in [9.17, 15) is 0 Å². The molecule has 66 heavy (non-hydrogen) atoms. The minimum atomic E-state index is 0.576. The summed E-state index contributed by atoms with van der Waals surface area (Å²) in [6, 6.07) is 11.0. The van der Waals surface area contributed by atoms with Crippen LogP contribution in [0.1, 0.15) is 140 Å². The average molecular weight is 899 g/mol. The first kappa shape index (κ1) is 53.3. The molecule has 0 heterocycles. The Hall–Kier alpha value is -5.36. The first-order chi connectivity index (χ1) is 32.6. The maximum absolute atomic E-state index is 6.94. The summed E-state index contributed by atoms with van der Waals surface area (Å²) in [6.07, 6.45) is 34.8. The third-order valence-corrected chi connectivity index (χ3v) is 11.8. The third-order valence-electron chi connectivity index (χ3n) is 11.8. The van der Waals surface area contributed by atoms with E-state index in [1.54, 1.807) is 0 Å². The van der Waals surface area contributed by atoms with Gasteiger partial charge in [0.2, 0.25) is 0 Å². The number of ether oxygens (including phenoxy) is 6. The molecule has 0 aliphatic heterocycles. The average Bonchev–Trinajstić information content (AvgIpc) is 3.33. The molecule has 0 unspecified atom stereocenters. The van der Waals surface area contributed by atoms with Crippen molar-refractivity contribution in [1.82, 2.24) is 0 Å². The van der Waals surface area contributed by atoms with Crippen LogP contribution in [0.4, 0.5) is 0 Å². The van der Waals surface area contributed by atoms with Crippen LogP contribution >= 0.6 is 0 Å². The minimum absolute atomic E-state index is 0.576. The summed E-state index contributed by atoms with van der Waals surface area (Å²) in [4.78, 5) is 0. The van der Waals surface area contributed by atoms with E-state index in [1.807, 2.05) is 42.5 Å². The number of fused-ring (bicyclic) bond motifs is 6. The van der Waals surface area contributed by atoms with Gasteiger partial charge in [0.1, 0.15) is 0 Å². The zero-order valence-electron chi connectivity index (χ0n) is 40.6. The first-order valence-electron chi connectivity index (χ1n) is 25.2. The van der Waals surface area contributed by atoms with E-state index < -0.39 is 0 Å². The monoisotopic (exact) mass is 899 g/mol. The lowest BCUT2D eigenvalue weighted by Crippen LogP contribution is -2.07. The van der Waals surface area contributed by atoms with Gasteiger partial charge in [-0.05, 0) is 204 Å². The van der Waals surface area contributed by atoms with Crippen LogP contribution in [0.15, 0.2) is 119 Å². The quantitative estimate of drug-likeness (QED) is 0.0251. The van der Waals surface area contributed by atoms with E-state index in [2.05, 4.69) is 76.4 Å². The van der Waals surface area contributed by atoms with Crippen LogP contribution in [0.3, 0.4) is 0 Å². The molecule has 0 aromatic heterocycles. The fourth-order valence-electron chi connectivity index (χ4n) is 8.18. The van der Waals surface area contributed by atoms with Gasteiger partial charge in [-0.15, -0.1) is 46.1 Å². The summed E-state index contributed by atoms with van der Waals surface area (Å²) >= 11 is 0. The molecule has 0 atom stereocenters. The Morgan fingerprint density at radius 1 is 0.288 bits per heavy atom. The third kappa shape index (κ3) is 17.1. The summed E-state index contributed by atoms with van der Waals surface area (Å²) in [5, 5.41) is 6.49. The fourth-order valence-corrected chi connectivity index (χ4v) is 8.18. The molecular weight excluding hydrogens is 817 g/mol. The standard InChI is InChI=1S/C60H82O6/c1-8-15-22-29-36-48-59-52-46-57(64-40-33-26-19-12-5)56(63-39-32-25-18-11-4)44-50(52)49-43-54(61-37-30-23-16-9-2)55(62-38-31-24-17-10-3)45-51(49)53(59)47-58(65-41-34-27-20-13-6)60(48)66-42-35-28-21-14-7/h8-14,43-47H,1-7,15-42H2. The predicted octanol–water partition coefficient (Wildman–Crippen LogP) is 17.5. The smallest absolute Gasteiger partial charge is 0.165 e. The van der Waals surface area contributed by atoms with Crippen molar-refractivity contribution in [2.75, 3.05) is 39.6 Å². The molecule has 4 aromatic rings. The van der Waals surface area contributed by atoms with Crippen molar-refractivity contribution in [1.29, 1.82) is 0 Å². The topological polar surface area (TPSA) is 55.4 Å². The largest absolute Gasteiger partial charge is 0.490 e.